The van der Waals surface area contributed by atoms with Crippen molar-refractivity contribution in [3.05, 3.63) is 84.1 Å². The van der Waals surface area contributed by atoms with Crippen molar-refractivity contribution in [2.24, 2.45) is 0 Å². The van der Waals surface area contributed by atoms with Crippen molar-refractivity contribution in [3.8, 4) is 11.3 Å². The first-order valence-corrected chi connectivity index (χ1v) is 8.74. The van der Waals surface area contributed by atoms with Crippen molar-refractivity contribution in [3.63, 3.8) is 0 Å². The molecule has 2 heterocycles. The lowest BCUT2D eigenvalue weighted by Crippen LogP contribution is -2.29. The second-order valence-corrected chi connectivity index (χ2v) is 6.53. The number of carbonyl (C=O) groups is 1. The van der Waals surface area contributed by atoms with Gasteiger partial charge in [0.2, 0.25) is 0 Å². The summed E-state index contributed by atoms with van der Waals surface area (Å²) in [6, 6.07) is 24.3. The highest BCUT2D eigenvalue weighted by Gasteiger charge is 2.26. The van der Waals surface area contributed by atoms with Gasteiger partial charge in [-0.2, -0.15) is 5.10 Å². The predicted octanol–water partition coefficient (Wildman–Crippen LogP) is 4.43. The van der Waals surface area contributed by atoms with E-state index in [2.05, 4.69) is 34.5 Å². The van der Waals surface area contributed by atoms with Gasteiger partial charge in [0.05, 0.1) is 5.69 Å². The number of hydrogen-bond acceptors (Lipinski definition) is 2. The van der Waals surface area contributed by atoms with Gasteiger partial charge in [0.15, 0.2) is 0 Å². The third-order valence-corrected chi connectivity index (χ3v) is 5.01. The first kappa shape index (κ1) is 14.9. The second kappa shape index (κ2) is 5.85. The maximum Gasteiger partial charge on any atom is 0.276 e. The molecule has 0 spiro atoms. The number of carbonyl (C=O) groups excluding carboxylic acids is 1. The van der Waals surface area contributed by atoms with Crippen LogP contribution in [-0.2, 0) is 6.42 Å². The summed E-state index contributed by atoms with van der Waals surface area (Å²) in [5.41, 5.74) is 4.55. The molecule has 4 aromatic rings. The lowest BCUT2D eigenvalue weighted by atomic mass is 10.0. The number of amides is 1. The van der Waals surface area contributed by atoms with Crippen molar-refractivity contribution in [2.45, 2.75) is 6.42 Å². The Morgan fingerprint density at radius 2 is 1.77 bits per heavy atom. The van der Waals surface area contributed by atoms with E-state index < -0.39 is 0 Å². The molecule has 5 rings (SSSR count). The number of H-pyrrole nitrogens is 1. The summed E-state index contributed by atoms with van der Waals surface area (Å²) in [5, 5.41) is 9.64. The fourth-order valence-corrected chi connectivity index (χ4v) is 3.71. The number of hydrogen-bond donors (Lipinski definition) is 1. The van der Waals surface area contributed by atoms with E-state index in [-0.39, 0.29) is 5.91 Å². The van der Waals surface area contributed by atoms with Gasteiger partial charge in [-0.15, -0.1) is 0 Å². The van der Waals surface area contributed by atoms with E-state index >= 15 is 0 Å². The predicted molar refractivity (Wildman–Crippen MR) is 103 cm³/mol. The number of benzene rings is 3. The highest BCUT2D eigenvalue weighted by molar-refractivity contribution is 6.07. The molecule has 1 aromatic heterocycles. The number of rotatable bonds is 2. The molecular formula is C22H17N3O. The molecule has 1 aliphatic rings. The van der Waals surface area contributed by atoms with Crippen molar-refractivity contribution in [1.82, 2.24) is 10.2 Å². The Morgan fingerprint density at radius 3 is 2.73 bits per heavy atom. The number of anilines is 1. The van der Waals surface area contributed by atoms with Gasteiger partial charge in [0.25, 0.3) is 5.91 Å². The minimum absolute atomic E-state index is 0.0334. The molecule has 0 atom stereocenters. The first-order valence-electron chi connectivity index (χ1n) is 8.74. The fourth-order valence-electron chi connectivity index (χ4n) is 3.71. The van der Waals surface area contributed by atoms with Gasteiger partial charge in [-0.3, -0.25) is 9.89 Å². The average Bonchev–Trinajstić information content (AvgIpc) is 3.34. The van der Waals surface area contributed by atoms with Crippen LogP contribution >= 0.6 is 0 Å². The quantitative estimate of drug-likeness (QED) is 0.587. The van der Waals surface area contributed by atoms with Gasteiger partial charge in [-0.05, 0) is 34.9 Å². The molecule has 3 aromatic carbocycles. The third-order valence-electron chi connectivity index (χ3n) is 5.01. The van der Waals surface area contributed by atoms with Crippen LogP contribution in [0.5, 0.6) is 0 Å². The lowest BCUT2D eigenvalue weighted by molar-refractivity contribution is 0.0984. The summed E-state index contributed by atoms with van der Waals surface area (Å²) in [7, 11) is 0. The first-order chi connectivity index (χ1) is 12.8. The molecule has 0 aliphatic carbocycles. The van der Waals surface area contributed by atoms with Crippen molar-refractivity contribution in [2.75, 3.05) is 11.4 Å². The van der Waals surface area contributed by atoms with Gasteiger partial charge in [-0.1, -0.05) is 60.7 Å². The van der Waals surface area contributed by atoms with Crippen LogP contribution in [0.25, 0.3) is 22.0 Å². The normalized spacial score (nSPS) is 13.2. The number of aromatic amines is 1. The Bertz CT molecular complexity index is 1120. The van der Waals surface area contributed by atoms with Gasteiger partial charge < -0.3 is 4.90 Å². The van der Waals surface area contributed by atoms with Crippen molar-refractivity contribution < 1.29 is 4.79 Å². The third kappa shape index (κ3) is 2.30. The van der Waals surface area contributed by atoms with E-state index in [0.29, 0.717) is 12.2 Å². The zero-order valence-electron chi connectivity index (χ0n) is 14.1. The van der Waals surface area contributed by atoms with E-state index in [0.717, 1.165) is 34.1 Å². The van der Waals surface area contributed by atoms with Gasteiger partial charge in [0.1, 0.15) is 5.69 Å². The molecule has 1 amide bonds. The number of fused-ring (bicyclic) bond motifs is 2. The molecule has 126 valence electrons. The topological polar surface area (TPSA) is 49.0 Å². The van der Waals surface area contributed by atoms with Crippen LogP contribution in [-0.4, -0.2) is 22.6 Å². The molecule has 0 unspecified atom stereocenters. The van der Waals surface area contributed by atoms with Crippen LogP contribution in [0, 0.1) is 0 Å². The van der Waals surface area contributed by atoms with Crippen LogP contribution in [0.3, 0.4) is 0 Å². The molecule has 1 N–H and O–H groups in total. The molecule has 0 saturated heterocycles. The number of nitrogens with zero attached hydrogens (tertiary/aromatic N) is 2. The highest BCUT2D eigenvalue weighted by Crippen LogP contribution is 2.30. The molecular weight excluding hydrogens is 322 g/mol. The molecule has 0 fully saturated rings. The van der Waals surface area contributed by atoms with Crippen LogP contribution < -0.4 is 4.90 Å². The van der Waals surface area contributed by atoms with Gasteiger partial charge >= 0.3 is 0 Å². The average molecular weight is 339 g/mol. The van der Waals surface area contributed by atoms with E-state index in [1.54, 1.807) is 0 Å². The monoisotopic (exact) mass is 339 g/mol. The summed E-state index contributed by atoms with van der Waals surface area (Å²) < 4.78 is 0. The van der Waals surface area contributed by atoms with Crippen LogP contribution in [0.1, 0.15) is 16.1 Å². The van der Waals surface area contributed by atoms with Crippen LogP contribution in [0.15, 0.2) is 72.8 Å². The molecule has 0 bridgehead atoms. The smallest absolute Gasteiger partial charge is 0.276 e. The Kier molecular flexibility index (Phi) is 3.35. The minimum Gasteiger partial charge on any atom is -0.306 e. The van der Waals surface area contributed by atoms with E-state index in [1.165, 1.54) is 5.56 Å². The van der Waals surface area contributed by atoms with E-state index in [1.807, 2.05) is 53.4 Å². The van der Waals surface area contributed by atoms with Crippen LogP contribution in [0.4, 0.5) is 5.69 Å². The van der Waals surface area contributed by atoms with Crippen molar-refractivity contribution >= 4 is 22.4 Å². The second-order valence-electron chi connectivity index (χ2n) is 6.53. The fraction of sp³-hybridized carbons (Fsp3) is 0.0909. The minimum atomic E-state index is -0.0334. The molecule has 26 heavy (non-hydrogen) atoms. The van der Waals surface area contributed by atoms with Gasteiger partial charge in [-0.25, -0.2) is 0 Å². The molecule has 1 aliphatic heterocycles. The van der Waals surface area contributed by atoms with E-state index in [4.69, 9.17) is 0 Å². The summed E-state index contributed by atoms with van der Waals surface area (Å²) in [5.74, 6) is -0.0334. The lowest BCUT2D eigenvalue weighted by Gasteiger charge is -2.15. The Balaban J connectivity index is 1.52. The van der Waals surface area contributed by atoms with Gasteiger partial charge in [0, 0.05) is 17.8 Å². The zero-order chi connectivity index (χ0) is 17.5. The molecule has 4 nitrogen and oxygen atoms in total. The summed E-state index contributed by atoms with van der Waals surface area (Å²) in [6.07, 6.45) is 0.895. The standard InChI is InChI=1S/C22H17N3O/c26-22(25-13-12-16-7-2-4-11-21(16)25)20-14-19(23-24-20)18-10-5-8-15-6-1-3-9-17(15)18/h1-11,14H,12-13H2,(H,23,24). The Morgan fingerprint density at radius 1 is 0.962 bits per heavy atom. The van der Waals surface area contributed by atoms with Crippen LogP contribution in [0.2, 0.25) is 0 Å². The maximum absolute atomic E-state index is 13.0. The largest absolute Gasteiger partial charge is 0.306 e. The summed E-state index contributed by atoms with van der Waals surface area (Å²) in [6.45, 7) is 0.709. The molecule has 0 saturated carbocycles. The van der Waals surface area contributed by atoms with Crippen molar-refractivity contribution in [1.29, 1.82) is 0 Å². The zero-order valence-corrected chi connectivity index (χ0v) is 14.1. The highest BCUT2D eigenvalue weighted by atomic mass is 16.2. The number of aromatic nitrogens is 2. The Hall–Kier alpha value is -3.40. The molecule has 0 radical (unpaired) electrons. The summed E-state index contributed by atoms with van der Waals surface area (Å²) in [4.78, 5) is 14.8. The Labute approximate surface area is 151 Å². The maximum atomic E-state index is 13.0. The number of nitrogens with one attached hydrogen (secondary N) is 1. The summed E-state index contributed by atoms with van der Waals surface area (Å²) >= 11 is 0. The molecule has 4 heteroatoms. The number of para-hydroxylation sites is 1. The van der Waals surface area contributed by atoms with E-state index in [9.17, 15) is 4.79 Å². The SMILES string of the molecule is O=C(c1cc(-c2cccc3ccccc23)n[nH]1)N1CCc2ccccc21.